The number of halogens is 1. The number of hydrogen-bond acceptors (Lipinski definition) is 5. The van der Waals surface area contributed by atoms with Gasteiger partial charge in [-0.3, -0.25) is 0 Å². The smallest absolute Gasteiger partial charge is 0.367 e. The zero-order valence-corrected chi connectivity index (χ0v) is 12.8. The monoisotopic (exact) mass is 334 g/mol. The molecule has 104 valence electrons. The number of thiocarbonyl (C=S) groups is 1. The molecular weight excluding hydrogens is 328 g/mol. The average molecular weight is 335 g/mol. The lowest BCUT2D eigenvalue weighted by Crippen LogP contribution is -3.00. The molecule has 0 saturated heterocycles. The first kappa shape index (κ1) is 16.8. The Kier molecular flexibility index (Phi) is 6.00. The van der Waals surface area contributed by atoms with Gasteiger partial charge in [-0.1, -0.05) is 18.3 Å². The second-order valence-electron chi connectivity index (χ2n) is 3.53. The molecule has 2 rings (SSSR count). The topological polar surface area (TPSA) is 89.3 Å². The first-order chi connectivity index (χ1) is 9.65. The van der Waals surface area contributed by atoms with Gasteiger partial charge < -0.3 is 17.7 Å². The molecule has 9 heteroatoms. The minimum absolute atomic E-state index is 0. The van der Waals surface area contributed by atoms with Crippen molar-refractivity contribution in [3.05, 3.63) is 42.0 Å². The van der Waals surface area contributed by atoms with Gasteiger partial charge >= 0.3 is 5.82 Å². The molecule has 2 aromatic heterocycles. The number of nitrogens with zero attached hydrogens (tertiary/aromatic N) is 5. The normalized spacial score (nSPS) is 8.90. The van der Waals surface area contributed by atoms with E-state index in [4.69, 9.17) is 22.7 Å². The van der Waals surface area contributed by atoms with E-state index in [1.807, 2.05) is 18.2 Å². The maximum Gasteiger partial charge on any atom is 0.367 e. The first-order valence-electron chi connectivity index (χ1n) is 5.34. The highest BCUT2D eigenvalue weighted by Crippen LogP contribution is 2.13. The Hall–Kier alpha value is -2.26. The summed E-state index contributed by atoms with van der Waals surface area (Å²) in [5, 5.41) is 20.8. The predicted octanol–water partition coefficient (Wildman–Crippen LogP) is -1.87. The van der Waals surface area contributed by atoms with Crippen LogP contribution in [-0.2, 0) is 0 Å². The molecule has 0 aliphatic heterocycles. The Morgan fingerprint density at radius 1 is 1.14 bits per heavy atom. The maximum atomic E-state index is 9.14. The zero-order chi connectivity index (χ0) is 14.5. The van der Waals surface area contributed by atoms with Crippen LogP contribution in [0.15, 0.2) is 30.6 Å². The molecule has 21 heavy (non-hydrogen) atoms. The number of pyridine rings is 1. The molecule has 0 atom stereocenters. The Morgan fingerprint density at radius 2 is 1.76 bits per heavy atom. The highest BCUT2D eigenvalue weighted by Gasteiger charge is 2.23. The highest BCUT2D eigenvalue weighted by molar-refractivity contribution is 8.11. The van der Waals surface area contributed by atoms with Crippen molar-refractivity contribution in [1.29, 1.82) is 10.5 Å². The fourth-order valence-electron chi connectivity index (χ4n) is 1.49. The van der Waals surface area contributed by atoms with Crippen LogP contribution in [0.3, 0.4) is 0 Å². The minimum atomic E-state index is -0.0155. The Morgan fingerprint density at radius 3 is 2.29 bits per heavy atom. The van der Waals surface area contributed by atoms with E-state index in [-0.39, 0.29) is 33.9 Å². The van der Waals surface area contributed by atoms with Crippen LogP contribution in [0.1, 0.15) is 11.4 Å². The molecule has 0 amide bonds. The number of rotatable bonds is 2. The molecule has 0 saturated carbocycles. The summed E-state index contributed by atoms with van der Waals surface area (Å²) in [6, 6.07) is 9.20. The Labute approximate surface area is 137 Å². The maximum absolute atomic E-state index is 9.14. The molecule has 2 aromatic rings. The fourth-order valence-corrected chi connectivity index (χ4v) is 1.69. The van der Waals surface area contributed by atoms with E-state index in [9.17, 15) is 0 Å². The van der Waals surface area contributed by atoms with Gasteiger partial charge in [-0.2, -0.15) is 10.5 Å². The molecule has 0 radical (unpaired) electrons. The largest absolute Gasteiger partial charge is 1.00 e. The van der Waals surface area contributed by atoms with Crippen LogP contribution in [0.5, 0.6) is 0 Å². The van der Waals surface area contributed by atoms with Crippen molar-refractivity contribution in [3.8, 4) is 18.0 Å². The molecule has 0 fully saturated rings. The predicted molar refractivity (Wildman–Crippen MR) is 78.2 cm³/mol. The van der Waals surface area contributed by atoms with Gasteiger partial charge in [0.1, 0.15) is 16.5 Å². The summed E-state index contributed by atoms with van der Waals surface area (Å²) in [5.74, 6) is 0.469. The number of nitriles is 2. The van der Waals surface area contributed by atoms with Crippen LogP contribution < -0.4 is 22.3 Å². The van der Waals surface area contributed by atoms with E-state index in [0.717, 1.165) is 0 Å². The number of nitrogens with one attached hydrogen (secondary N) is 1. The molecule has 0 aliphatic carbocycles. The van der Waals surface area contributed by atoms with Crippen molar-refractivity contribution >= 4 is 35.0 Å². The second kappa shape index (κ2) is 7.50. The van der Waals surface area contributed by atoms with E-state index in [2.05, 4.69) is 27.9 Å². The van der Waals surface area contributed by atoms with Gasteiger partial charge in [0.2, 0.25) is 11.4 Å². The first-order valence-corrected chi connectivity index (χ1v) is 6.20. The highest BCUT2D eigenvalue weighted by atomic mass is 35.5. The van der Waals surface area contributed by atoms with E-state index >= 15 is 0 Å². The third-order valence-electron chi connectivity index (χ3n) is 2.27. The quantitative estimate of drug-likeness (QED) is 0.380. The van der Waals surface area contributed by atoms with Gasteiger partial charge in [0.15, 0.2) is 0 Å². The number of aromatic nitrogens is 3. The molecular formula is C12H7ClN6S2. The van der Waals surface area contributed by atoms with E-state index in [1.54, 1.807) is 29.1 Å². The van der Waals surface area contributed by atoms with E-state index in [0.29, 0.717) is 5.82 Å². The lowest BCUT2D eigenvalue weighted by molar-refractivity contribution is -0.600. The van der Waals surface area contributed by atoms with Gasteiger partial charge in [0.25, 0.3) is 5.82 Å². The van der Waals surface area contributed by atoms with E-state index in [1.165, 1.54) is 0 Å². The minimum Gasteiger partial charge on any atom is -1.00 e. The lowest BCUT2D eigenvalue weighted by atomic mass is 10.3. The van der Waals surface area contributed by atoms with E-state index < -0.39 is 0 Å². The molecule has 1 N–H and O–H groups in total. The molecule has 0 bridgehead atoms. The van der Waals surface area contributed by atoms with Crippen LogP contribution in [0.4, 0.5) is 5.82 Å². The summed E-state index contributed by atoms with van der Waals surface area (Å²) in [5.41, 5.74) is 0.0339. The van der Waals surface area contributed by atoms with Crippen molar-refractivity contribution in [2.24, 2.45) is 0 Å². The lowest BCUT2D eigenvalue weighted by Gasteiger charge is -2.02. The molecule has 2 heterocycles. The zero-order valence-electron chi connectivity index (χ0n) is 10.4. The SMILES string of the molecule is N#Cc1nc(C#N)c(-[n+]2ccccc2)nc1NC(=S)S.[Cl-]. The summed E-state index contributed by atoms with van der Waals surface area (Å²) < 4.78 is 1.78. The summed E-state index contributed by atoms with van der Waals surface area (Å²) >= 11 is 8.75. The molecule has 0 aromatic carbocycles. The van der Waals surface area contributed by atoms with Crippen molar-refractivity contribution in [3.63, 3.8) is 0 Å². The standard InChI is InChI=1S/C12H6N6S2.ClH/c13-6-8-10(17-12(19)20)16-11(9(7-14)15-8)18-4-2-1-3-5-18;/h1-5H,(H-,16,17,19,20);1H. The fraction of sp³-hybridized carbons (Fsp3) is 0. The molecule has 0 spiro atoms. The van der Waals surface area contributed by atoms with Crippen LogP contribution in [-0.4, -0.2) is 14.3 Å². The van der Waals surface area contributed by atoms with Crippen LogP contribution in [0.25, 0.3) is 5.82 Å². The van der Waals surface area contributed by atoms with Crippen molar-refractivity contribution in [2.75, 3.05) is 5.32 Å². The summed E-state index contributed by atoms with van der Waals surface area (Å²) in [4.78, 5) is 8.21. The summed E-state index contributed by atoms with van der Waals surface area (Å²) in [6.45, 7) is 0. The van der Waals surface area contributed by atoms with Crippen LogP contribution in [0.2, 0.25) is 0 Å². The number of hydrogen-bond donors (Lipinski definition) is 2. The third kappa shape index (κ3) is 3.86. The number of anilines is 1. The van der Waals surface area contributed by atoms with Crippen molar-refractivity contribution < 1.29 is 17.0 Å². The Bertz CT molecular complexity index is 751. The second-order valence-corrected chi connectivity index (χ2v) is 4.69. The average Bonchev–Trinajstić information content (AvgIpc) is 2.47. The summed E-state index contributed by atoms with van der Waals surface area (Å²) in [6.07, 6.45) is 3.44. The van der Waals surface area contributed by atoms with Gasteiger partial charge in [-0.05, 0) is 17.1 Å². The van der Waals surface area contributed by atoms with Crippen LogP contribution >= 0.6 is 24.8 Å². The van der Waals surface area contributed by atoms with Gasteiger partial charge in [-0.15, -0.1) is 12.6 Å². The number of thiol groups is 1. The molecule has 0 unspecified atom stereocenters. The van der Waals surface area contributed by atoms with Crippen molar-refractivity contribution in [2.45, 2.75) is 0 Å². The van der Waals surface area contributed by atoms with Gasteiger partial charge in [0.05, 0.1) is 12.4 Å². The van der Waals surface area contributed by atoms with Gasteiger partial charge in [-0.25, -0.2) is 9.55 Å². The Balaban J connectivity index is 0.00000220. The summed E-state index contributed by atoms with van der Waals surface area (Å²) in [7, 11) is 0. The molecule has 6 nitrogen and oxygen atoms in total. The van der Waals surface area contributed by atoms with Crippen molar-refractivity contribution in [1.82, 2.24) is 9.97 Å². The molecule has 0 aliphatic rings. The van der Waals surface area contributed by atoms with Crippen LogP contribution in [0, 0.1) is 22.7 Å². The van der Waals surface area contributed by atoms with Gasteiger partial charge in [0, 0.05) is 0 Å². The third-order valence-corrected chi connectivity index (χ3v) is 2.49.